The van der Waals surface area contributed by atoms with Gasteiger partial charge in [0.05, 0.1) is 24.3 Å². The summed E-state index contributed by atoms with van der Waals surface area (Å²) < 4.78 is 7.59. The van der Waals surface area contributed by atoms with Gasteiger partial charge in [0, 0.05) is 0 Å². The summed E-state index contributed by atoms with van der Waals surface area (Å²) in [6, 6.07) is 0. The lowest BCUT2D eigenvalue weighted by Crippen LogP contribution is -2.33. The van der Waals surface area contributed by atoms with Crippen LogP contribution >= 0.6 is 10.9 Å². The Hall–Kier alpha value is -1.42. The summed E-state index contributed by atoms with van der Waals surface area (Å²) in [4.78, 5) is 12.3. The van der Waals surface area contributed by atoms with Gasteiger partial charge in [-0.05, 0) is 12.5 Å². The summed E-state index contributed by atoms with van der Waals surface area (Å²) in [5.74, 6) is 0.308. The topological polar surface area (TPSA) is 119 Å². The first-order valence-electron chi connectivity index (χ1n) is 6.58. The summed E-state index contributed by atoms with van der Waals surface area (Å²) in [7, 11) is -0.490. The Morgan fingerprint density at radius 3 is 2.81 bits per heavy atom. The van der Waals surface area contributed by atoms with E-state index in [4.69, 9.17) is 10.5 Å². The summed E-state index contributed by atoms with van der Waals surface area (Å²) in [5.41, 5.74) is 6.87. The molecule has 0 amide bonds. The van der Waals surface area contributed by atoms with Crippen LogP contribution in [0.4, 0.5) is 5.82 Å². The highest BCUT2D eigenvalue weighted by Gasteiger charge is 2.45. The molecule has 0 unspecified atom stereocenters. The van der Waals surface area contributed by atoms with Crippen LogP contribution in [0.2, 0.25) is 0 Å². The highest BCUT2D eigenvalue weighted by atomic mass is 32.2. The minimum Gasteiger partial charge on any atom is -0.394 e. The Bertz CT molecular complexity index is 649. The minimum atomic E-state index is -0.710. The predicted molar refractivity (Wildman–Crippen MR) is 81.4 cm³/mol. The quantitative estimate of drug-likeness (QED) is 0.553. The number of rotatable bonds is 3. The molecule has 8 nitrogen and oxygen atoms in total. The number of nitrogen functional groups attached to an aromatic ring is 1. The van der Waals surface area contributed by atoms with Gasteiger partial charge in [-0.3, -0.25) is 4.57 Å². The standard InChI is InChI=1S/C12H19N5O3S/c1-21(2)9-8(19)6(3-18)20-12(9)17-5-16-7-10(13)14-4-15-11(7)17/h4-6,8-9,12,18-19,21H,3H2,1-2H3,(H2,13,14,15)/t6-,8-,9-,12-/m1/s1. The van der Waals surface area contributed by atoms with E-state index < -0.39 is 29.3 Å². The zero-order valence-corrected chi connectivity index (χ0v) is 12.7. The molecular formula is C12H19N5O3S. The first kappa shape index (κ1) is 14.5. The van der Waals surface area contributed by atoms with Gasteiger partial charge in [-0.15, -0.1) is 0 Å². The number of nitrogens with zero attached hydrogens (tertiary/aromatic N) is 4. The van der Waals surface area contributed by atoms with Crippen LogP contribution in [-0.4, -0.2) is 66.3 Å². The molecule has 21 heavy (non-hydrogen) atoms. The number of thiol groups is 1. The van der Waals surface area contributed by atoms with Gasteiger partial charge in [0.15, 0.2) is 11.5 Å². The van der Waals surface area contributed by atoms with Crippen molar-refractivity contribution in [2.75, 3.05) is 24.9 Å². The van der Waals surface area contributed by atoms with Crippen LogP contribution in [0.3, 0.4) is 0 Å². The van der Waals surface area contributed by atoms with E-state index in [1.807, 2.05) is 0 Å². The molecule has 2 aromatic heterocycles. The Morgan fingerprint density at radius 1 is 1.38 bits per heavy atom. The monoisotopic (exact) mass is 313 g/mol. The van der Waals surface area contributed by atoms with Crippen LogP contribution < -0.4 is 5.73 Å². The molecule has 0 aromatic carbocycles. The highest BCUT2D eigenvalue weighted by Crippen LogP contribution is 2.43. The Kier molecular flexibility index (Phi) is 3.74. The highest BCUT2D eigenvalue weighted by molar-refractivity contribution is 8.16. The van der Waals surface area contributed by atoms with Crippen LogP contribution in [0.25, 0.3) is 11.2 Å². The molecule has 1 aliphatic heterocycles. The molecule has 3 heterocycles. The van der Waals surface area contributed by atoms with Crippen molar-refractivity contribution in [2.45, 2.75) is 23.7 Å². The average Bonchev–Trinajstić information content (AvgIpc) is 3.00. The molecule has 3 rings (SSSR count). The summed E-state index contributed by atoms with van der Waals surface area (Å²) >= 11 is 0. The van der Waals surface area contributed by atoms with Gasteiger partial charge in [0.2, 0.25) is 0 Å². The number of aliphatic hydroxyl groups excluding tert-OH is 2. The minimum absolute atomic E-state index is 0.106. The molecule has 1 saturated heterocycles. The maximum atomic E-state index is 10.4. The zero-order valence-electron chi connectivity index (χ0n) is 11.8. The van der Waals surface area contributed by atoms with Crippen LogP contribution in [-0.2, 0) is 4.74 Å². The number of aliphatic hydroxyl groups is 2. The van der Waals surface area contributed by atoms with Crippen LogP contribution in [0, 0.1) is 0 Å². The maximum absolute atomic E-state index is 10.4. The van der Waals surface area contributed by atoms with Crippen molar-refractivity contribution in [3.05, 3.63) is 12.7 Å². The molecule has 1 aliphatic rings. The van der Waals surface area contributed by atoms with E-state index in [0.717, 1.165) is 0 Å². The fraction of sp³-hybridized carbons (Fsp3) is 0.583. The summed E-state index contributed by atoms with van der Waals surface area (Å²) in [6.45, 7) is -0.221. The van der Waals surface area contributed by atoms with Gasteiger partial charge >= 0.3 is 0 Å². The largest absolute Gasteiger partial charge is 0.394 e. The van der Waals surface area contributed by atoms with E-state index >= 15 is 0 Å². The van der Waals surface area contributed by atoms with Gasteiger partial charge in [-0.2, -0.15) is 0 Å². The van der Waals surface area contributed by atoms with Gasteiger partial charge in [-0.25, -0.2) is 25.8 Å². The molecule has 4 atom stereocenters. The molecule has 2 aromatic rings. The molecule has 4 N–H and O–H groups in total. The van der Waals surface area contributed by atoms with Gasteiger partial charge < -0.3 is 20.7 Å². The number of fused-ring (bicyclic) bond motifs is 1. The smallest absolute Gasteiger partial charge is 0.167 e. The number of imidazole rings is 1. The van der Waals surface area contributed by atoms with E-state index in [-0.39, 0.29) is 11.9 Å². The maximum Gasteiger partial charge on any atom is 0.167 e. The molecule has 0 bridgehead atoms. The molecule has 1 fully saturated rings. The number of nitrogens with two attached hydrogens (primary N) is 1. The summed E-state index contributed by atoms with van der Waals surface area (Å²) in [5, 5.41) is 19.6. The Morgan fingerprint density at radius 2 is 2.14 bits per heavy atom. The van der Waals surface area contributed by atoms with Crippen LogP contribution in [0.5, 0.6) is 0 Å². The lowest BCUT2D eigenvalue weighted by atomic mass is 10.2. The second kappa shape index (κ2) is 5.41. The first-order chi connectivity index (χ1) is 10.0. The number of hydrogen-bond acceptors (Lipinski definition) is 7. The van der Waals surface area contributed by atoms with Gasteiger partial charge in [0.25, 0.3) is 0 Å². The number of hydrogen-bond donors (Lipinski definition) is 4. The zero-order chi connectivity index (χ0) is 15.1. The normalized spacial score (nSPS) is 30.0. The molecule has 0 radical (unpaired) electrons. The fourth-order valence-corrected chi connectivity index (χ4v) is 4.25. The van der Waals surface area contributed by atoms with Crippen molar-refractivity contribution in [3.8, 4) is 0 Å². The fourth-order valence-electron chi connectivity index (χ4n) is 2.73. The second-order valence-electron chi connectivity index (χ2n) is 5.28. The second-order valence-corrected chi connectivity index (χ2v) is 7.80. The van der Waals surface area contributed by atoms with Crippen LogP contribution in [0.15, 0.2) is 12.7 Å². The predicted octanol–water partition coefficient (Wildman–Crippen LogP) is -0.712. The number of aromatic nitrogens is 4. The lowest BCUT2D eigenvalue weighted by Gasteiger charge is -2.27. The van der Waals surface area contributed by atoms with E-state index in [2.05, 4.69) is 27.5 Å². The SMILES string of the molecule is C[SH](C)[C@@H]1[C@H](O)[C@@H](CO)O[C@H]1n1cnc2c(N)ncnc21. The average molecular weight is 313 g/mol. The van der Waals surface area contributed by atoms with Crippen molar-refractivity contribution < 1.29 is 14.9 Å². The van der Waals surface area contributed by atoms with Crippen LogP contribution in [0.1, 0.15) is 6.23 Å². The van der Waals surface area contributed by atoms with Gasteiger partial charge in [0.1, 0.15) is 24.2 Å². The molecule has 0 spiro atoms. The van der Waals surface area contributed by atoms with E-state index in [1.165, 1.54) is 6.33 Å². The lowest BCUT2D eigenvalue weighted by molar-refractivity contribution is -0.0430. The third-order valence-corrected chi connectivity index (χ3v) is 5.53. The third-order valence-electron chi connectivity index (χ3n) is 3.77. The Labute approximate surface area is 124 Å². The first-order valence-corrected chi connectivity index (χ1v) is 8.89. The van der Waals surface area contributed by atoms with Crippen molar-refractivity contribution in [3.63, 3.8) is 0 Å². The Balaban J connectivity index is 2.06. The number of anilines is 1. The van der Waals surface area contributed by atoms with Crippen molar-refractivity contribution in [1.29, 1.82) is 0 Å². The summed E-state index contributed by atoms with van der Waals surface area (Å²) in [6.07, 6.45) is 5.39. The molecule has 0 saturated carbocycles. The van der Waals surface area contributed by atoms with Crippen molar-refractivity contribution in [1.82, 2.24) is 19.5 Å². The van der Waals surface area contributed by atoms with E-state index in [1.54, 1.807) is 10.9 Å². The molecule has 116 valence electrons. The van der Waals surface area contributed by atoms with Crippen molar-refractivity contribution in [2.24, 2.45) is 0 Å². The third kappa shape index (κ3) is 2.26. The molecule has 0 aliphatic carbocycles. The molecular weight excluding hydrogens is 294 g/mol. The molecule has 9 heteroatoms. The van der Waals surface area contributed by atoms with E-state index in [9.17, 15) is 10.2 Å². The number of ether oxygens (including phenoxy) is 1. The van der Waals surface area contributed by atoms with Gasteiger partial charge in [-0.1, -0.05) is 0 Å². The van der Waals surface area contributed by atoms with Crippen molar-refractivity contribution >= 4 is 27.9 Å². The van der Waals surface area contributed by atoms with E-state index in [0.29, 0.717) is 17.0 Å².